The first-order chi connectivity index (χ1) is 16.0. The predicted molar refractivity (Wildman–Crippen MR) is 130 cm³/mol. The van der Waals surface area contributed by atoms with Crippen LogP contribution in [0.1, 0.15) is 71.9 Å². The van der Waals surface area contributed by atoms with Crippen molar-refractivity contribution in [3.8, 4) is 0 Å². The number of carbonyl (C=O) groups excluding carboxylic acids is 2. The Kier molecular flexibility index (Phi) is 7.28. The first kappa shape index (κ1) is 23.2. The van der Waals surface area contributed by atoms with Gasteiger partial charge in [0.05, 0.1) is 5.56 Å². The van der Waals surface area contributed by atoms with Crippen LogP contribution in [0.25, 0.3) is 11.1 Å². The quantitative estimate of drug-likeness (QED) is 0.597. The molecule has 3 heterocycles. The Hall–Kier alpha value is -2.93. The number of anilines is 1. The molecule has 0 radical (unpaired) electrons. The number of aromatic nitrogens is 1. The molecule has 2 fully saturated rings. The number of fused-ring (bicyclic) bond motifs is 1. The molecule has 176 valence electrons. The summed E-state index contributed by atoms with van der Waals surface area (Å²) in [6.45, 7) is 8.03. The van der Waals surface area contributed by atoms with Gasteiger partial charge < -0.3 is 20.5 Å². The maximum absolute atomic E-state index is 13.9. The normalized spacial score (nSPS) is 18.6. The van der Waals surface area contributed by atoms with E-state index in [4.69, 9.17) is 0 Å². The van der Waals surface area contributed by atoms with E-state index in [-0.39, 0.29) is 11.7 Å². The molecule has 2 saturated heterocycles. The highest BCUT2D eigenvalue weighted by molar-refractivity contribution is 6.02. The number of carbonyl (C=O) groups is 2. The zero-order valence-corrected chi connectivity index (χ0v) is 19.5. The number of nitrogens with zero attached hydrogens (tertiary/aromatic N) is 1. The number of H-pyrrole nitrogens is 1. The molecule has 2 amide bonds. The average molecular weight is 453 g/mol. The van der Waals surface area contributed by atoms with Crippen LogP contribution in [-0.2, 0) is 11.2 Å². The topological polar surface area (TPSA) is 77.2 Å². The van der Waals surface area contributed by atoms with Gasteiger partial charge in [-0.15, -0.1) is 0 Å². The van der Waals surface area contributed by atoms with Crippen molar-refractivity contribution >= 4 is 29.2 Å². The maximum atomic E-state index is 13.9. The van der Waals surface area contributed by atoms with Gasteiger partial charge >= 0.3 is 0 Å². The minimum atomic E-state index is -0.350. The smallest absolute Gasteiger partial charge is 0.255 e. The number of rotatable bonds is 4. The van der Waals surface area contributed by atoms with E-state index in [1.807, 2.05) is 18.7 Å². The Balaban J connectivity index is 0.000000459. The summed E-state index contributed by atoms with van der Waals surface area (Å²) < 4.78 is 13.9. The molecule has 1 aliphatic carbocycles. The summed E-state index contributed by atoms with van der Waals surface area (Å²) in [4.78, 5) is 29.3. The number of nitrogens with one attached hydrogen (secondary N) is 3. The summed E-state index contributed by atoms with van der Waals surface area (Å²) in [6.07, 6.45) is 7.07. The first-order valence-electron chi connectivity index (χ1n) is 11.9. The van der Waals surface area contributed by atoms with Gasteiger partial charge in [-0.1, -0.05) is 0 Å². The van der Waals surface area contributed by atoms with Crippen LogP contribution in [0.3, 0.4) is 0 Å². The van der Waals surface area contributed by atoms with Crippen molar-refractivity contribution in [3.05, 3.63) is 52.1 Å². The van der Waals surface area contributed by atoms with E-state index in [1.54, 1.807) is 6.07 Å². The summed E-state index contributed by atoms with van der Waals surface area (Å²) in [5.41, 5.74) is 6.93. The number of likely N-dealkylation sites (tertiary alicyclic amines) is 1. The SMILES string of the molecule is C/C(=C1/CCc2c1[nH]c(C)c2C(=O)N1CCCC1)c1cc(F)ccc1NC=O.C1CCNC1. The third kappa shape index (κ3) is 4.88. The van der Waals surface area contributed by atoms with Crippen molar-refractivity contribution < 1.29 is 14.0 Å². The summed E-state index contributed by atoms with van der Waals surface area (Å²) in [6, 6.07) is 4.35. The minimum Gasteiger partial charge on any atom is -0.358 e. The molecule has 0 atom stereocenters. The third-order valence-corrected chi connectivity index (χ3v) is 6.83. The number of amides is 2. The van der Waals surface area contributed by atoms with Crippen LogP contribution in [0.2, 0.25) is 0 Å². The molecule has 1 aromatic carbocycles. The fourth-order valence-corrected chi connectivity index (χ4v) is 5.11. The highest BCUT2D eigenvalue weighted by Crippen LogP contribution is 2.41. The summed E-state index contributed by atoms with van der Waals surface area (Å²) >= 11 is 0. The summed E-state index contributed by atoms with van der Waals surface area (Å²) in [5, 5.41) is 5.87. The predicted octanol–water partition coefficient (Wildman–Crippen LogP) is 4.51. The van der Waals surface area contributed by atoms with Gasteiger partial charge in [-0.25, -0.2) is 4.39 Å². The van der Waals surface area contributed by atoms with Gasteiger partial charge in [0.2, 0.25) is 6.41 Å². The zero-order valence-electron chi connectivity index (χ0n) is 19.5. The van der Waals surface area contributed by atoms with Gasteiger partial charge in [-0.3, -0.25) is 9.59 Å². The molecule has 3 aliphatic rings. The second kappa shape index (κ2) is 10.3. The summed E-state index contributed by atoms with van der Waals surface area (Å²) in [5.74, 6) is -0.238. The van der Waals surface area contributed by atoms with Crippen molar-refractivity contribution in [2.24, 2.45) is 0 Å². The lowest BCUT2D eigenvalue weighted by Gasteiger charge is -2.15. The van der Waals surface area contributed by atoms with Crippen LogP contribution in [0.4, 0.5) is 10.1 Å². The van der Waals surface area contributed by atoms with Crippen LogP contribution >= 0.6 is 0 Å². The Bertz CT molecular complexity index is 1050. The Labute approximate surface area is 194 Å². The van der Waals surface area contributed by atoms with Crippen molar-refractivity contribution in [3.63, 3.8) is 0 Å². The summed E-state index contributed by atoms with van der Waals surface area (Å²) in [7, 11) is 0. The molecule has 2 aliphatic heterocycles. The van der Waals surface area contributed by atoms with Crippen LogP contribution in [0.15, 0.2) is 18.2 Å². The van der Waals surface area contributed by atoms with E-state index in [1.165, 1.54) is 38.1 Å². The highest BCUT2D eigenvalue weighted by atomic mass is 19.1. The first-order valence-corrected chi connectivity index (χ1v) is 11.9. The molecular weight excluding hydrogens is 419 g/mol. The van der Waals surface area contributed by atoms with Crippen molar-refractivity contribution in [2.75, 3.05) is 31.5 Å². The van der Waals surface area contributed by atoms with Gasteiger partial charge in [0.15, 0.2) is 0 Å². The molecule has 0 spiro atoms. The van der Waals surface area contributed by atoms with E-state index >= 15 is 0 Å². The van der Waals surface area contributed by atoms with Gasteiger partial charge in [-0.2, -0.15) is 0 Å². The number of aromatic amines is 1. The molecule has 0 unspecified atom stereocenters. The van der Waals surface area contributed by atoms with Crippen molar-refractivity contribution in [1.29, 1.82) is 0 Å². The maximum Gasteiger partial charge on any atom is 0.255 e. The van der Waals surface area contributed by atoms with Gasteiger partial charge in [0.25, 0.3) is 5.91 Å². The third-order valence-electron chi connectivity index (χ3n) is 6.83. The van der Waals surface area contributed by atoms with E-state index in [9.17, 15) is 14.0 Å². The number of hydrogen-bond acceptors (Lipinski definition) is 3. The average Bonchev–Trinajstić information content (AvgIpc) is 3.60. The largest absolute Gasteiger partial charge is 0.358 e. The lowest BCUT2D eigenvalue weighted by atomic mass is 9.98. The Morgan fingerprint density at radius 2 is 1.85 bits per heavy atom. The van der Waals surface area contributed by atoms with Gasteiger partial charge in [0, 0.05) is 35.7 Å². The highest BCUT2D eigenvalue weighted by Gasteiger charge is 2.31. The number of aryl methyl sites for hydroxylation is 1. The molecule has 7 heteroatoms. The van der Waals surface area contributed by atoms with Crippen LogP contribution < -0.4 is 10.6 Å². The van der Waals surface area contributed by atoms with Crippen LogP contribution in [0.5, 0.6) is 0 Å². The second-order valence-corrected chi connectivity index (χ2v) is 8.99. The molecule has 0 bridgehead atoms. The minimum absolute atomic E-state index is 0.112. The van der Waals surface area contributed by atoms with E-state index in [0.717, 1.165) is 72.4 Å². The lowest BCUT2D eigenvalue weighted by Crippen LogP contribution is -2.28. The molecule has 3 N–H and O–H groups in total. The van der Waals surface area contributed by atoms with Crippen LogP contribution in [-0.4, -0.2) is 48.4 Å². The Morgan fingerprint density at radius 1 is 1.12 bits per heavy atom. The van der Waals surface area contributed by atoms with Crippen molar-refractivity contribution in [2.45, 2.75) is 52.4 Å². The second-order valence-electron chi connectivity index (χ2n) is 8.99. The molecular formula is C26H33FN4O2. The Morgan fingerprint density at radius 3 is 2.48 bits per heavy atom. The van der Waals surface area contributed by atoms with Gasteiger partial charge in [-0.05, 0) is 100 Å². The molecule has 1 aromatic heterocycles. The number of benzene rings is 1. The molecule has 6 nitrogen and oxygen atoms in total. The molecule has 2 aromatic rings. The van der Waals surface area contributed by atoms with E-state index < -0.39 is 0 Å². The molecule has 33 heavy (non-hydrogen) atoms. The molecule has 0 saturated carbocycles. The van der Waals surface area contributed by atoms with Crippen molar-refractivity contribution in [1.82, 2.24) is 15.2 Å². The number of halogens is 1. The van der Waals surface area contributed by atoms with Gasteiger partial charge in [0.1, 0.15) is 5.82 Å². The number of allylic oxidation sites excluding steroid dienone is 2. The fraction of sp³-hybridized carbons (Fsp3) is 0.462. The van der Waals surface area contributed by atoms with Crippen LogP contribution in [0, 0.1) is 12.7 Å². The standard InChI is InChI=1S/C22H24FN3O2.C4H9N/c1-13(18-11-15(23)5-8-19(18)24-12-27)16-6-7-17-20(14(2)25-21(16)17)22(28)26-9-3-4-10-26;1-2-4-5-3-1/h5,8,11-12,25H,3-4,6-7,9-10H2,1-2H3,(H,24,27);5H,1-4H2/b16-13+;. The molecule has 5 rings (SSSR count). The van der Waals surface area contributed by atoms with E-state index in [0.29, 0.717) is 17.7 Å². The zero-order chi connectivity index (χ0) is 23.4. The van der Waals surface area contributed by atoms with E-state index in [2.05, 4.69) is 15.6 Å². The lowest BCUT2D eigenvalue weighted by molar-refractivity contribution is -0.105. The fourth-order valence-electron chi connectivity index (χ4n) is 5.11. The number of hydrogen-bond donors (Lipinski definition) is 3. The monoisotopic (exact) mass is 452 g/mol.